The van der Waals surface area contributed by atoms with Gasteiger partial charge < -0.3 is 9.30 Å². The number of imidazole rings is 1. The van der Waals surface area contributed by atoms with E-state index in [1.807, 2.05) is 18.4 Å². The van der Waals surface area contributed by atoms with E-state index in [0.717, 1.165) is 0 Å². The lowest BCUT2D eigenvalue weighted by molar-refractivity contribution is 0.401. The Kier molecular flexibility index (Phi) is 2.48. The Morgan fingerprint density at radius 3 is 2.73 bits per heavy atom. The fraction of sp³-hybridized carbons (Fsp3) is 0.444. The van der Waals surface area contributed by atoms with Crippen LogP contribution in [0, 0.1) is 0 Å². The summed E-state index contributed by atoms with van der Waals surface area (Å²) in [5.74, 6) is 0.407. The molecule has 80 valence electrons. The van der Waals surface area contributed by atoms with Gasteiger partial charge in [0.15, 0.2) is 11.2 Å². The smallest absolute Gasteiger partial charge is 0.246 e. The Balaban J connectivity index is 2.75. The van der Waals surface area contributed by atoms with E-state index in [9.17, 15) is 0 Å². The van der Waals surface area contributed by atoms with Crippen LogP contribution in [0.4, 0.5) is 0 Å². The number of ether oxygens (including phenoxy) is 1. The van der Waals surface area contributed by atoms with Crippen molar-refractivity contribution in [1.82, 2.24) is 19.5 Å². The van der Waals surface area contributed by atoms with Crippen molar-refractivity contribution in [3.05, 3.63) is 11.6 Å². The molecule has 0 saturated carbocycles. The van der Waals surface area contributed by atoms with Crippen molar-refractivity contribution in [2.45, 2.75) is 19.9 Å². The minimum absolute atomic E-state index is 0.168. The minimum Gasteiger partial charge on any atom is -0.479 e. The first-order valence-electron chi connectivity index (χ1n) is 4.57. The van der Waals surface area contributed by atoms with Gasteiger partial charge in [-0.1, -0.05) is 0 Å². The fourth-order valence-corrected chi connectivity index (χ4v) is 1.54. The lowest BCUT2D eigenvalue weighted by atomic mass is 10.4. The Morgan fingerprint density at radius 1 is 1.40 bits per heavy atom. The molecule has 5 nitrogen and oxygen atoms in total. The highest BCUT2D eigenvalue weighted by molar-refractivity contribution is 6.28. The first kappa shape index (κ1) is 10.2. The maximum atomic E-state index is 5.79. The average molecular weight is 227 g/mol. The molecule has 0 fully saturated rings. The van der Waals surface area contributed by atoms with Crippen LogP contribution < -0.4 is 4.74 Å². The number of aromatic nitrogens is 4. The maximum Gasteiger partial charge on any atom is 0.246 e. The Bertz CT molecular complexity index is 494. The number of rotatable bonds is 2. The van der Waals surface area contributed by atoms with Crippen molar-refractivity contribution in [2.24, 2.45) is 0 Å². The van der Waals surface area contributed by atoms with Crippen molar-refractivity contribution < 1.29 is 4.74 Å². The van der Waals surface area contributed by atoms with Crippen LogP contribution in [0.2, 0.25) is 5.28 Å². The van der Waals surface area contributed by atoms with Gasteiger partial charge in [0.05, 0.1) is 13.4 Å². The lowest BCUT2D eigenvalue weighted by Gasteiger charge is -2.07. The van der Waals surface area contributed by atoms with Crippen LogP contribution in [-0.4, -0.2) is 26.6 Å². The van der Waals surface area contributed by atoms with E-state index in [1.165, 1.54) is 7.11 Å². The van der Waals surface area contributed by atoms with Crippen LogP contribution in [-0.2, 0) is 0 Å². The Hall–Kier alpha value is -1.36. The third-order valence-electron chi connectivity index (χ3n) is 2.11. The number of hydrogen-bond donors (Lipinski definition) is 0. The number of methoxy groups -OCH3 is 1. The molecule has 0 atom stereocenters. The monoisotopic (exact) mass is 226 g/mol. The third-order valence-corrected chi connectivity index (χ3v) is 2.28. The summed E-state index contributed by atoms with van der Waals surface area (Å²) in [6.07, 6.45) is 1.71. The first-order valence-corrected chi connectivity index (χ1v) is 4.95. The molecule has 2 aromatic rings. The summed E-state index contributed by atoms with van der Waals surface area (Å²) in [6, 6.07) is 0.269. The van der Waals surface area contributed by atoms with Gasteiger partial charge in [0, 0.05) is 6.04 Å². The molecule has 0 aliphatic rings. The van der Waals surface area contributed by atoms with Gasteiger partial charge in [-0.2, -0.15) is 9.97 Å². The molecule has 2 heterocycles. The fourth-order valence-electron chi connectivity index (χ4n) is 1.39. The van der Waals surface area contributed by atoms with Crippen LogP contribution in [0.1, 0.15) is 19.9 Å². The SMILES string of the molecule is COc1nc(Cl)nc2c1ncn2C(C)C. The molecule has 2 rings (SSSR count). The van der Waals surface area contributed by atoms with Gasteiger partial charge in [-0.05, 0) is 25.4 Å². The van der Waals surface area contributed by atoms with Gasteiger partial charge in [0.25, 0.3) is 0 Å². The average Bonchev–Trinajstić information content (AvgIpc) is 2.59. The maximum absolute atomic E-state index is 5.79. The van der Waals surface area contributed by atoms with Crippen molar-refractivity contribution >= 4 is 22.8 Å². The summed E-state index contributed by atoms with van der Waals surface area (Å²) in [5.41, 5.74) is 1.33. The molecule has 6 heteroatoms. The molecule has 0 N–H and O–H groups in total. The van der Waals surface area contributed by atoms with Gasteiger partial charge in [-0.3, -0.25) is 0 Å². The molecule has 0 radical (unpaired) electrons. The van der Waals surface area contributed by atoms with E-state index in [1.54, 1.807) is 6.33 Å². The molecule has 0 aliphatic carbocycles. The number of halogens is 1. The molecule has 0 bridgehead atoms. The molecule has 0 amide bonds. The van der Waals surface area contributed by atoms with E-state index in [4.69, 9.17) is 16.3 Å². The number of nitrogens with zero attached hydrogens (tertiary/aromatic N) is 4. The number of fused-ring (bicyclic) bond motifs is 1. The van der Waals surface area contributed by atoms with Crippen molar-refractivity contribution in [3.8, 4) is 5.88 Å². The molecule has 0 spiro atoms. The van der Waals surface area contributed by atoms with Gasteiger partial charge in [-0.15, -0.1) is 0 Å². The second kappa shape index (κ2) is 3.66. The van der Waals surface area contributed by atoms with Crippen LogP contribution >= 0.6 is 11.6 Å². The summed E-state index contributed by atoms with van der Waals surface area (Å²) in [5, 5.41) is 0.168. The van der Waals surface area contributed by atoms with E-state index < -0.39 is 0 Å². The van der Waals surface area contributed by atoms with E-state index in [2.05, 4.69) is 15.0 Å². The molecule has 0 saturated heterocycles. The van der Waals surface area contributed by atoms with Gasteiger partial charge in [-0.25, -0.2) is 4.98 Å². The van der Waals surface area contributed by atoms with Gasteiger partial charge in [0.1, 0.15) is 0 Å². The predicted octanol–water partition coefficient (Wildman–Crippen LogP) is 2.07. The first-order chi connectivity index (χ1) is 7.13. The molecule has 0 aliphatic heterocycles. The highest BCUT2D eigenvalue weighted by atomic mass is 35.5. The molecular formula is C9H11ClN4O. The Labute approximate surface area is 92.1 Å². The molecule has 0 unspecified atom stereocenters. The van der Waals surface area contributed by atoms with Crippen molar-refractivity contribution in [2.75, 3.05) is 7.11 Å². The van der Waals surface area contributed by atoms with Crippen LogP contribution in [0.3, 0.4) is 0 Å². The minimum atomic E-state index is 0.168. The molecular weight excluding hydrogens is 216 g/mol. The molecule has 0 aromatic carbocycles. The van der Waals surface area contributed by atoms with Crippen molar-refractivity contribution in [3.63, 3.8) is 0 Å². The Morgan fingerprint density at radius 2 is 2.13 bits per heavy atom. The van der Waals surface area contributed by atoms with Crippen molar-refractivity contribution in [1.29, 1.82) is 0 Å². The zero-order valence-electron chi connectivity index (χ0n) is 8.73. The van der Waals surface area contributed by atoms with Gasteiger partial charge >= 0.3 is 0 Å². The quantitative estimate of drug-likeness (QED) is 0.736. The third kappa shape index (κ3) is 1.63. The summed E-state index contributed by atoms with van der Waals surface area (Å²) >= 11 is 5.79. The summed E-state index contributed by atoms with van der Waals surface area (Å²) in [7, 11) is 1.53. The zero-order chi connectivity index (χ0) is 11.0. The second-order valence-electron chi connectivity index (χ2n) is 3.42. The van der Waals surface area contributed by atoms with E-state index >= 15 is 0 Å². The lowest BCUT2D eigenvalue weighted by Crippen LogP contribution is -2.01. The predicted molar refractivity (Wildman–Crippen MR) is 57.3 cm³/mol. The zero-order valence-corrected chi connectivity index (χ0v) is 9.49. The highest BCUT2D eigenvalue weighted by Crippen LogP contribution is 2.24. The second-order valence-corrected chi connectivity index (χ2v) is 3.76. The molecule has 2 aromatic heterocycles. The summed E-state index contributed by atoms with van der Waals surface area (Å²) in [6.45, 7) is 4.09. The van der Waals surface area contributed by atoms with Crippen LogP contribution in [0.5, 0.6) is 5.88 Å². The molecule has 15 heavy (non-hydrogen) atoms. The largest absolute Gasteiger partial charge is 0.479 e. The van der Waals surface area contributed by atoms with Crippen LogP contribution in [0.25, 0.3) is 11.2 Å². The van der Waals surface area contributed by atoms with Gasteiger partial charge in [0.2, 0.25) is 11.2 Å². The summed E-state index contributed by atoms with van der Waals surface area (Å²) < 4.78 is 7.01. The summed E-state index contributed by atoms with van der Waals surface area (Å²) in [4.78, 5) is 12.3. The number of hydrogen-bond acceptors (Lipinski definition) is 4. The highest BCUT2D eigenvalue weighted by Gasteiger charge is 2.13. The topological polar surface area (TPSA) is 52.8 Å². The normalized spacial score (nSPS) is 11.3. The standard InChI is InChI=1S/C9H11ClN4O/c1-5(2)14-4-11-6-7(14)12-9(10)13-8(6)15-3/h4-5H,1-3H3. The van der Waals surface area contributed by atoms with Crippen LogP contribution in [0.15, 0.2) is 6.33 Å². The van der Waals surface area contributed by atoms with E-state index in [-0.39, 0.29) is 11.3 Å². The van der Waals surface area contributed by atoms with E-state index in [0.29, 0.717) is 17.0 Å².